The van der Waals surface area contributed by atoms with Gasteiger partial charge in [0.2, 0.25) is 0 Å². The maximum atomic E-state index is 13.7. The molecule has 2 N–H and O–H groups in total. The molecule has 5 aliphatic heterocycles. The van der Waals surface area contributed by atoms with Crippen molar-refractivity contribution in [1.29, 1.82) is 0 Å². The van der Waals surface area contributed by atoms with Crippen molar-refractivity contribution in [2.75, 3.05) is 0 Å². The number of rotatable bonds is 0. The summed E-state index contributed by atoms with van der Waals surface area (Å²) in [4.78, 5) is 26.7. The van der Waals surface area contributed by atoms with E-state index in [1.165, 1.54) is 6.26 Å². The first-order chi connectivity index (χ1) is 13.4. The van der Waals surface area contributed by atoms with Crippen molar-refractivity contribution in [3.05, 3.63) is 23.0 Å². The van der Waals surface area contributed by atoms with E-state index in [4.69, 9.17) is 18.9 Å². The average Bonchev–Trinajstić information content (AvgIpc) is 3.57. The molecule has 3 aliphatic carbocycles. The minimum Gasteiger partial charge on any atom is -0.498 e. The molecule has 8 heteroatoms. The molecule has 28 heavy (non-hydrogen) atoms. The number of carbonyl (C=O) groups excluding carboxylic acids is 2. The number of Topliss-reactive ketones (excluding diaryl/α,β-unsaturated/α-hetero) is 2. The van der Waals surface area contributed by atoms with Crippen LogP contribution in [0, 0.1) is 17.3 Å². The van der Waals surface area contributed by atoms with Crippen LogP contribution in [0.1, 0.15) is 13.8 Å². The summed E-state index contributed by atoms with van der Waals surface area (Å²) >= 11 is 0. The third-order valence-electron chi connectivity index (χ3n) is 8.00. The highest BCUT2D eigenvalue weighted by Gasteiger charge is 2.78. The van der Waals surface area contributed by atoms with Gasteiger partial charge < -0.3 is 29.2 Å². The number of hydrogen-bond donors (Lipinski definition) is 2. The maximum Gasteiger partial charge on any atom is 0.190 e. The number of hydrogen-bond acceptors (Lipinski definition) is 8. The monoisotopic (exact) mass is 388 g/mol. The topological polar surface area (TPSA) is 118 Å². The highest BCUT2D eigenvalue weighted by atomic mass is 16.6. The predicted octanol–water partition coefficient (Wildman–Crippen LogP) is -0.973. The summed E-state index contributed by atoms with van der Waals surface area (Å²) in [6.07, 6.45) is -4.40. The lowest BCUT2D eigenvalue weighted by atomic mass is 9.45. The molecule has 148 valence electrons. The molecule has 3 saturated heterocycles. The van der Waals surface area contributed by atoms with Crippen LogP contribution in [0.4, 0.5) is 0 Å². The smallest absolute Gasteiger partial charge is 0.190 e. The average molecular weight is 388 g/mol. The number of fused-ring (bicyclic) bond motifs is 3. The molecule has 1 saturated carbocycles. The Morgan fingerprint density at radius 1 is 0.964 bits per heavy atom. The molecule has 5 heterocycles. The minimum atomic E-state index is -1.19. The molecule has 0 aromatic heterocycles. The van der Waals surface area contributed by atoms with Gasteiger partial charge in [-0.1, -0.05) is 0 Å². The molecule has 8 nitrogen and oxygen atoms in total. The number of carbonyl (C=O) groups is 2. The van der Waals surface area contributed by atoms with E-state index in [9.17, 15) is 19.8 Å². The molecule has 8 rings (SSSR count). The van der Waals surface area contributed by atoms with E-state index in [1.54, 1.807) is 0 Å². The van der Waals surface area contributed by atoms with Crippen molar-refractivity contribution in [3.63, 3.8) is 0 Å². The van der Waals surface area contributed by atoms with E-state index in [1.807, 2.05) is 13.8 Å². The Morgan fingerprint density at radius 2 is 1.68 bits per heavy atom. The van der Waals surface area contributed by atoms with Gasteiger partial charge in [0, 0.05) is 23.0 Å². The zero-order chi connectivity index (χ0) is 19.3. The lowest BCUT2D eigenvalue weighted by Gasteiger charge is -2.63. The van der Waals surface area contributed by atoms with Gasteiger partial charge in [0.15, 0.2) is 11.6 Å². The van der Waals surface area contributed by atoms with Crippen LogP contribution in [0.5, 0.6) is 0 Å². The zero-order valence-corrected chi connectivity index (χ0v) is 15.3. The SMILES string of the molecule is C[C@@H]1OC=C2[C@@H](O)[C@H]3O[C@H]3C(=O)[C@]23[C@@H]2O[C@H](C)C(C4=C2[C@@H](O)[C@H]2O[C@@H]2C4=O)[C@@H]13. The van der Waals surface area contributed by atoms with Crippen LogP contribution < -0.4 is 0 Å². The molecule has 0 aromatic rings. The van der Waals surface area contributed by atoms with Gasteiger partial charge in [-0.25, -0.2) is 0 Å². The van der Waals surface area contributed by atoms with Crippen molar-refractivity contribution in [3.8, 4) is 0 Å². The van der Waals surface area contributed by atoms with Gasteiger partial charge in [-0.05, 0) is 19.4 Å². The Hall–Kier alpha value is -1.58. The summed E-state index contributed by atoms with van der Waals surface area (Å²) in [6, 6.07) is 0. The van der Waals surface area contributed by atoms with E-state index in [-0.39, 0.29) is 29.7 Å². The van der Waals surface area contributed by atoms with Crippen molar-refractivity contribution >= 4 is 11.6 Å². The van der Waals surface area contributed by atoms with Gasteiger partial charge in [-0.15, -0.1) is 0 Å². The van der Waals surface area contributed by atoms with Crippen LogP contribution >= 0.6 is 0 Å². The fourth-order valence-electron chi connectivity index (χ4n) is 6.86. The molecule has 2 bridgehead atoms. The number of aliphatic hydroxyl groups is 2. The molecule has 1 spiro atoms. The second-order valence-electron chi connectivity index (χ2n) is 9.09. The van der Waals surface area contributed by atoms with E-state index in [2.05, 4.69) is 0 Å². The van der Waals surface area contributed by atoms with Crippen molar-refractivity contribution in [2.45, 2.75) is 68.8 Å². The normalized spacial score (nSPS) is 60.0. The maximum absolute atomic E-state index is 13.7. The van der Waals surface area contributed by atoms with Gasteiger partial charge in [-0.3, -0.25) is 9.59 Å². The predicted molar refractivity (Wildman–Crippen MR) is 88.8 cm³/mol. The summed E-state index contributed by atoms with van der Waals surface area (Å²) in [7, 11) is 0. The number of epoxide rings is 2. The van der Waals surface area contributed by atoms with Crippen LogP contribution in [-0.4, -0.2) is 76.7 Å². The largest absolute Gasteiger partial charge is 0.498 e. The highest BCUT2D eigenvalue weighted by Crippen LogP contribution is 2.67. The summed E-state index contributed by atoms with van der Waals surface area (Å²) < 4.78 is 23.1. The summed E-state index contributed by atoms with van der Waals surface area (Å²) in [6.45, 7) is 3.77. The number of ketones is 2. The van der Waals surface area contributed by atoms with Crippen molar-refractivity contribution in [1.82, 2.24) is 0 Å². The molecule has 4 fully saturated rings. The third kappa shape index (κ3) is 1.47. The lowest BCUT2D eigenvalue weighted by Crippen LogP contribution is -2.72. The minimum absolute atomic E-state index is 0.113. The Kier molecular flexibility index (Phi) is 2.67. The van der Waals surface area contributed by atoms with Crippen LogP contribution in [0.15, 0.2) is 23.0 Å². The van der Waals surface area contributed by atoms with Gasteiger partial charge in [-0.2, -0.15) is 0 Å². The molecule has 1 unspecified atom stereocenters. The van der Waals surface area contributed by atoms with Crippen LogP contribution in [0.3, 0.4) is 0 Å². The molecular weight excluding hydrogens is 368 g/mol. The quantitative estimate of drug-likeness (QED) is 0.509. The fourth-order valence-corrected chi connectivity index (χ4v) is 6.86. The summed E-state index contributed by atoms with van der Waals surface area (Å²) in [5.41, 5.74) is 0.269. The van der Waals surface area contributed by atoms with E-state index >= 15 is 0 Å². The van der Waals surface area contributed by atoms with Gasteiger partial charge >= 0.3 is 0 Å². The third-order valence-corrected chi connectivity index (χ3v) is 8.00. The lowest BCUT2D eigenvalue weighted by molar-refractivity contribution is -0.210. The summed E-state index contributed by atoms with van der Waals surface area (Å²) in [5.74, 6) is -1.05. The molecule has 8 aliphatic rings. The first-order valence-corrected chi connectivity index (χ1v) is 9.90. The fraction of sp³-hybridized carbons (Fsp3) is 0.700. The second-order valence-corrected chi connectivity index (χ2v) is 9.09. The Morgan fingerprint density at radius 3 is 2.46 bits per heavy atom. The van der Waals surface area contributed by atoms with Gasteiger partial charge in [0.05, 0.1) is 30.0 Å². The first kappa shape index (κ1) is 16.2. The molecule has 12 atom stereocenters. The van der Waals surface area contributed by atoms with Crippen LogP contribution in [0.25, 0.3) is 0 Å². The van der Waals surface area contributed by atoms with Crippen molar-refractivity contribution < 1.29 is 38.7 Å². The Labute approximate surface area is 160 Å². The van der Waals surface area contributed by atoms with Gasteiger partial charge in [0.1, 0.15) is 36.6 Å². The second kappa shape index (κ2) is 4.60. The Bertz CT molecular complexity index is 921. The standard InChI is InChI=1S/C20H20O8/c1-4-7-8-9(13(23)16-15(27-16)12(8)22)19(26-4)20-6(3-25-5(2)10(7)20)11(21)14-17(28-14)18(20)24/h3-5,7,10-11,13-17,19,21,23H,1-2H3/t4-,5+,7?,10-,11-,13-,14-,15-,16-,17-,19-,20+/m1/s1. The first-order valence-electron chi connectivity index (χ1n) is 9.90. The van der Waals surface area contributed by atoms with E-state index in [0.29, 0.717) is 16.7 Å². The Balaban J connectivity index is 1.52. The molecule has 0 aromatic carbocycles. The van der Waals surface area contributed by atoms with Crippen LogP contribution in [0.2, 0.25) is 0 Å². The van der Waals surface area contributed by atoms with Crippen LogP contribution in [-0.2, 0) is 28.5 Å². The number of ether oxygens (including phenoxy) is 4. The molecule has 0 radical (unpaired) electrons. The molecular formula is C20H20O8. The van der Waals surface area contributed by atoms with Gasteiger partial charge in [0.25, 0.3) is 0 Å². The summed E-state index contributed by atoms with van der Waals surface area (Å²) in [5, 5.41) is 21.8. The van der Waals surface area contributed by atoms with E-state index in [0.717, 1.165) is 0 Å². The number of aliphatic hydroxyl groups excluding tert-OH is 2. The van der Waals surface area contributed by atoms with E-state index < -0.39 is 54.1 Å². The van der Waals surface area contributed by atoms with Crippen molar-refractivity contribution in [2.24, 2.45) is 17.3 Å². The zero-order valence-electron chi connectivity index (χ0n) is 15.3. The highest BCUT2D eigenvalue weighted by molar-refractivity contribution is 6.06. The molecule has 0 amide bonds.